The van der Waals surface area contributed by atoms with Crippen LogP contribution in [0.15, 0.2) is 218 Å². The highest BCUT2D eigenvalue weighted by Gasteiger charge is 2.56. The quantitative estimate of drug-likeness (QED) is 0.109. The van der Waals surface area contributed by atoms with E-state index >= 15 is 9.59 Å². The molecule has 2 aliphatic carbocycles. The predicted octanol–water partition coefficient (Wildman–Crippen LogP) is 19.3. The minimum Gasteiger partial charge on any atom is -0.456 e. The van der Waals surface area contributed by atoms with E-state index in [1.807, 2.05) is 184 Å². The molecule has 484 valence electrons. The molecule has 2 fully saturated rings. The Kier molecular flexibility index (Phi) is 15.1. The molecule has 0 saturated heterocycles. The van der Waals surface area contributed by atoms with Crippen LogP contribution in [0.4, 0.5) is 34.1 Å². The summed E-state index contributed by atoms with van der Waals surface area (Å²) >= 11 is 0. The second-order valence-corrected chi connectivity index (χ2v) is 27.6. The van der Waals surface area contributed by atoms with Gasteiger partial charge in [0.05, 0.1) is 22.5 Å². The smallest absolute Gasteiger partial charge is 0.340 e. The first-order valence-electron chi connectivity index (χ1n) is 34.2. The van der Waals surface area contributed by atoms with Crippen molar-refractivity contribution >= 4 is 57.9 Å². The molecule has 10 aromatic carbocycles. The van der Waals surface area contributed by atoms with E-state index in [9.17, 15) is 9.59 Å². The molecule has 6 aliphatic rings. The fourth-order valence-corrected chi connectivity index (χ4v) is 16.2. The summed E-state index contributed by atoms with van der Waals surface area (Å²) in [5, 5.41) is 0. The van der Waals surface area contributed by atoms with Crippen LogP contribution < -0.4 is 29.1 Å². The Morgan fingerprint density at radius 2 is 0.742 bits per heavy atom. The minimum absolute atomic E-state index is 0.242. The van der Waals surface area contributed by atoms with Crippen LogP contribution in [0.5, 0.6) is 23.0 Å². The Morgan fingerprint density at radius 3 is 1.13 bits per heavy atom. The lowest BCUT2D eigenvalue weighted by Crippen LogP contribution is -2.35. The fraction of sp³-hybridized carbons (Fsp3) is 0.247. The highest BCUT2D eigenvalue weighted by Crippen LogP contribution is 2.60. The molecule has 0 aromatic heterocycles. The highest BCUT2D eigenvalue weighted by atomic mass is 16.6. The lowest BCUT2D eigenvalue weighted by atomic mass is 9.77. The van der Waals surface area contributed by atoms with Gasteiger partial charge in [-0.1, -0.05) is 149 Å². The van der Waals surface area contributed by atoms with Crippen LogP contribution in [0, 0.1) is 13.8 Å². The van der Waals surface area contributed by atoms with E-state index in [0.717, 1.165) is 59.3 Å². The maximum atomic E-state index is 15.4. The monoisotopic (exact) mass is 1280 g/mol. The van der Waals surface area contributed by atoms with Crippen molar-refractivity contribution in [3.63, 3.8) is 0 Å². The number of nitrogens with zero attached hydrogens (tertiary/aromatic N) is 4. The summed E-state index contributed by atoms with van der Waals surface area (Å²) in [5.41, 5.74) is 10.7. The molecule has 2 spiro atoms. The Morgan fingerprint density at radius 1 is 0.392 bits per heavy atom. The summed E-state index contributed by atoms with van der Waals surface area (Å²) in [6, 6.07) is 71.1. The molecular weight excluding hydrogens is 1200 g/mol. The van der Waals surface area contributed by atoms with Crippen LogP contribution in [-0.2, 0) is 26.1 Å². The number of hydrogen-bond donors (Lipinski definition) is 0. The van der Waals surface area contributed by atoms with Gasteiger partial charge in [0, 0.05) is 111 Å². The topological polar surface area (TPSA) is 118 Å². The van der Waals surface area contributed by atoms with Crippen LogP contribution in [0.1, 0.15) is 175 Å². The number of carbonyl (C=O) groups excluding carboxylic acids is 4. The van der Waals surface area contributed by atoms with E-state index in [-0.39, 0.29) is 11.8 Å². The Labute approximate surface area is 566 Å². The third-order valence-electron chi connectivity index (χ3n) is 21.7. The van der Waals surface area contributed by atoms with Crippen molar-refractivity contribution < 1.29 is 38.1 Å². The van der Waals surface area contributed by atoms with Crippen molar-refractivity contribution in [1.82, 2.24) is 0 Å². The van der Waals surface area contributed by atoms with Crippen molar-refractivity contribution in [3.8, 4) is 23.0 Å². The number of amides is 2. The number of carbonyl (C=O) groups is 4. The minimum atomic E-state index is -1.38. The van der Waals surface area contributed by atoms with Gasteiger partial charge in [-0.25, -0.2) is 9.59 Å². The molecule has 0 bridgehead atoms. The third kappa shape index (κ3) is 9.99. The van der Waals surface area contributed by atoms with Crippen molar-refractivity contribution in [3.05, 3.63) is 296 Å². The Hall–Kier alpha value is -10.7. The normalized spacial score (nSPS) is 18.2. The molecule has 4 heterocycles. The number of benzene rings is 10. The van der Waals surface area contributed by atoms with Crippen LogP contribution in [0.3, 0.4) is 0 Å². The number of esters is 2. The van der Waals surface area contributed by atoms with Gasteiger partial charge in [-0.2, -0.15) is 0 Å². The third-order valence-corrected chi connectivity index (χ3v) is 21.7. The average molecular weight is 1280 g/mol. The number of anilines is 6. The summed E-state index contributed by atoms with van der Waals surface area (Å²) < 4.78 is 27.4. The average Bonchev–Trinajstić information content (AvgIpc) is 1.63. The second kappa shape index (κ2) is 23.9. The Balaban J connectivity index is 0.754. The summed E-state index contributed by atoms with van der Waals surface area (Å²) in [4.78, 5) is 67.4. The fourth-order valence-electron chi connectivity index (χ4n) is 16.2. The molecule has 2 saturated carbocycles. The first kappa shape index (κ1) is 61.2. The number of fused-ring (bicyclic) bond motifs is 12. The largest absolute Gasteiger partial charge is 0.456 e. The van der Waals surface area contributed by atoms with Crippen molar-refractivity contribution in [2.45, 2.75) is 121 Å². The van der Waals surface area contributed by atoms with Crippen LogP contribution in [-0.4, -0.2) is 49.9 Å². The van der Waals surface area contributed by atoms with Gasteiger partial charge in [0.15, 0.2) is 11.2 Å². The molecular formula is C85H76N4O8. The molecule has 2 amide bonds. The summed E-state index contributed by atoms with van der Waals surface area (Å²) in [6.45, 7) is 8.31. The SMILES string of the molecule is Cc1cc2c(cc1N(C(=O)c1ccccc1)c1ccc(C(C)(C)c3ccc(N(C(=O)c4ccccc4)c4cc5c(cc4C)Oc4cc(N(C)C6CCCCC6)ccc4C54OC(=O)c5ccccc54)cc3)cc1)C1(OC(=O)c3ccccc31)c1ccc(N(C)C3CCCCC3)cc1O2. The maximum Gasteiger partial charge on any atom is 0.340 e. The van der Waals surface area contributed by atoms with Gasteiger partial charge in [0.1, 0.15) is 23.0 Å². The second-order valence-electron chi connectivity index (χ2n) is 27.6. The van der Waals surface area contributed by atoms with Gasteiger partial charge in [-0.05, 0) is 171 Å². The van der Waals surface area contributed by atoms with E-state index in [1.54, 1.807) is 9.80 Å². The zero-order chi connectivity index (χ0) is 66.5. The van der Waals surface area contributed by atoms with Gasteiger partial charge < -0.3 is 28.7 Å². The summed E-state index contributed by atoms with van der Waals surface area (Å²) in [5.74, 6) is 0.967. The van der Waals surface area contributed by atoms with Crippen LogP contribution in [0.25, 0.3) is 0 Å². The molecule has 0 radical (unpaired) electrons. The molecule has 97 heavy (non-hydrogen) atoms. The summed E-state index contributed by atoms with van der Waals surface area (Å²) in [6.07, 6.45) is 11.9. The van der Waals surface area contributed by atoms with E-state index in [4.69, 9.17) is 18.9 Å². The van der Waals surface area contributed by atoms with E-state index < -0.39 is 28.6 Å². The van der Waals surface area contributed by atoms with Crippen LogP contribution in [0.2, 0.25) is 0 Å². The molecule has 4 aliphatic heterocycles. The zero-order valence-corrected chi connectivity index (χ0v) is 55.6. The first-order chi connectivity index (χ1) is 47.1. The molecule has 0 N–H and O–H groups in total. The lowest BCUT2D eigenvalue weighted by Gasteiger charge is -2.39. The van der Waals surface area contributed by atoms with Gasteiger partial charge in [-0.15, -0.1) is 0 Å². The molecule has 10 aromatic rings. The molecule has 12 nitrogen and oxygen atoms in total. The van der Waals surface area contributed by atoms with E-state index in [2.05, 4.69) is 86.3 Å². The van der Waals surface area contributed by atoms with Gasteiger partial charge in [-0.3, -0.25) is 19.4 Å². The molecule has 12 heteroatoms. The van der Waals surface area contributed by atoms with Crippen molar-refractivity contribution in [2.75, 3.05) is 33.7 Å². The highest BCUT2D eigenvalue weighted by molar-refractivity contribution is 6.13. The number of rotatable bonds is 12. The van der Waals surface area contributed by atoms with Gasteiger partial charge >= 0.3 is 11.9 Å². The summed E-state index contributed by atoms with van der Waals surface area (Å²) in [7, 11) is 4.31. The maximum absolute atomic E-state index is 15.4. The van der Waals surface area contributed by atoms with Crippen molar-refractivity contribution in [1.29, 1.82) is 0 Å². The van der Waals surface area contributed by atoms with Gasteiger partial charge in [0.25, 0.3) is 11.8 Å². The van der Waals surface area contributed by atoms with E-state index in [0.29, 0.717) is 113 Å². The van der Waals surface area contributed by atoms with E-state index in [1.165, 1.54) is 38.5 Å². The van der Waals surface area contributed by atoms with Crippen molar-refractivity contribution in [2.24, 2.45) is 0 Å². The number of aryl methyl sites for hydroxylation is 2. The van der Waals surface area contributed by atoms with Crippen LogP contribution >= 0.6 is 0 Å². The Bertz CT molecular complexity index is 4500. The van der Waals surface area contributed by atoms with Gasteiger partial charge in [0.2, 0.25) is 0 Å². The molecule has 2 unspecified atom stereocenters. The number of ether oxygens (including phenoxy) is 4. The first-order valence-corrected chi connectivity index (χ1v) is 34.2. The lowest BCUT2D eigenvalue weighted by molar-refractivity contribution is 0.0214. The standard InChI is InChI=1S/C85H76N4O8/c1-53-47-75-71(84(67-33-21-19-31-65(67)81(92)96-84)69-45-43-63(49-77(69)94-75)86(5)59-27-15-9-16-28-59)51-73(53)88(79(90)55-23-11-7-12-24-55)61-39-35-57(36-40-61)83(3,4)58-37-41-62(42-38-58)89(80(91)56-25-13-8-14-26-56)74-52-72-76(48-54(74)2)95-78-50-64(87(6)60-29-17-10-18-30-60)44-46-70(78)85(72)68-34-22-20-32-66(68)82(93)97-85/h7-8,11-14,19-26,31-52,59-60H,9-10,15-18,27-30H2,1-6H3. The number of hydrogen-bond acceptors (Lipinski definition) is 10. The molecule has 16 rings (SSSR count). The zero-order valence-electron chi connectivity index (χ0n) is 55.6. The molecule has 2 atom stereocenters. The predicted molar refractivity (Wildman–Crippen MR) is 380 cm³/mol.